The van der Waals surface area contributed by atoms with Gasteiger partial charge in [-0.2, -0.15) is 15.1 Å². The van der Waals surface area contributed by atoms with Crippen LogP contribution in [0.3, 0.4) is 0 Å². The van der Waals surface area contributed by atoms with Gasteiger partial charge in [0.1, 0.15) is 0 Å². The maximum atomic E-state index is 12.9. The van der Waals surface area contributed by atoms with Crippen LogP contribution in [0.4, 0.5) is 0 Å². The number of pyridine rings is 1. The van der Waals surface area contributed by atoms with Gasteiger partial charge in [0, 0.05) is 109 Å². The number of aromatic amines is 1. The van der Waals surface area contributed by atoms with E-state index >= 15 is 0 Å². The van der Waals surface area contributed by atoms with E-state index in [1.807, 2.05) is 168 Å². The number of nitrogens with one attached hydrogen (secondary N) is 2. The van der Waals surface area contributed by atoms with Gasteiger partial charge in [-0.15, -0.1) is 0 Å². The number of likely N-dealkylation sites (N-methyl/N-ethyl adjacent to an activating group) is 1. The molecular formula is C66H76N12O10. The molecule has 4 aromatic heterocycles. The summed E-state index contributed by atoms with van der Waals surface area (Å²) in [6.07, 6.45) is 3.45. The minimum atomic E-state index is 0.0489. The summed E-state index contributed by atoms with van der Waals surface area (Å²) in [5, 5.41) is 18.8. The molecule has 0 spiro atoms. The molecule has 0 bridgehead atoms. The molecule has 9 aromatic rings. The van der Waals surface area contributed by atoms with Gasteiger partial charge in [-0.05, 0) is 165 Å². The van der Waals surface area contributed by atoms with Gasteiger partial charge < -0.3 is 57.5 Å². The molecule has 22 nitrogen and oxygen atoms in total. The van der Waals surface area contributed by atoms with Crippen molar-refractivity contribution >= 4 is 11.8 Å². The Labute approximate surface area is 512 Å². The summed E-state index contributed by atoms with van der Waals surface area (Å²) in [6, 6.07) is 31.8. The number of hydrogen-bond donors (Lipinski definition) is 2. The summed E-state index contributed by atoms with van der Waals surface area (Å²) in [6.45, 7) is 25.2. The smallest absolute Gasteiger partial charge is 0.258 e. The molecule has 2 saturated heterocycles. The van der Waals surface area contributed by atoms with Crippen molar-refractivity contribution in [2.45, 2.75) is 55.4 Å². The number of benzene rings is 5. The van der Waals surface area contributed by atoms with Gasteiger partial charge in [0.2, 0.25) is 11.6 Å². The van der Waals surface area contributed by atoms with E-state index in [1.54, 1.807) is 12.4 Å². The van der Waals surface area contributed by atoms with Gasteiger partial charge >= 0.3 is 0 Å². The van der Waals surface area contributed by atoms with Gasteiger partial charge in [-0.3, -0.25) is 19.7 Å². The van der Waals surface area contributed by atoms with Crippen molar-refractivity contribution in [2.75, 3.05) is 99.0 Å². The predicted molar refractivity (Wildman–Crippen MR) is 334 cm³/mol. The monoisotopic (exact) mass is 1200 g/mol. The van der Waals surface area contributed by atoms with Crippen molar-refractivity contribution in [1.29, 1.82) is 0 Å². The predicted octanol–water partition coefficient (Wildman–Crippen LogP) is 10.8. The molecule has 2 N–H and O–H groups in total. The Morgan fingerprint density at radius 2 is 0.886 bits per heavy atom. The number of carbonyl (C=O) groups excluding carboxylic acids is 2. The number of nitrogens with zero attached hydrogens (tertiary/aromatic N) is 10. The highest BCUT2D eigenvalue weighted by Gasteiger charge is 2.24. The quantitative estimate of drug-likeness (QED) is 0.0720. The average molecular weight is 1200 g/mol. The zero-order valence-electron chi connectivity index (χ0n) is 51.4. The lowest BCUT2D eigenvalue weighted by molar-refractivity contribution is 0.0663. The molecule has 88 heavy (non-hydrogen) atoms. The molecule has 11 rings (SSSR count). The zero-order chi connectivity index (χ0) is 61.9. The lowest BCUT2D eigenvalue weighted by Crippen LogP contribution is -2.47. The fraction of sp³-hybridized carbons (Fsp3) is 0.348. The van der Waals surface area contributed by atoms with Crippen LogP contribution in [0.25, 0.3) is 68.5 Å². The zero-order valence-corrected chi connectivity index (χ0v) is 51.4. The van der Waals surface area contributed by atoms with Crippen LogP contribution < -0.4 is 33.7 Å². The molecule has 0 radical (unpaired) electrons. The summed E-state index contributed by atoms with van der Waals surface area (Å²) in [7, 11) is 2.07. The van der Waals surface area contributed by atoms with E-state index in [-0.39, 0.29) is 11.8 Å². The molecule has 0 unspecified atom stereocenters. The summed E-state index contributed by atoms with van der Waals surface area (Å²) < 4.78 is 44.9. The first-order valence-corrected chi connectivity index (χ1v) is 29.8. The number of rotatable bonds is 20. The number of amides is 2. The maximum absolute atomic E-state index is 12.9. The van der Waals surface area contributed by atoms with Crippen LogP contribution in [0.1, 0.15) is 73.4 Å². The fourth-order valence-electron chi connectivity index (χ4n) is 9.83. The molecule has 0 atom stereocenters. The van der Waals surface area contributed by atoms with Gasteiger partial charge in [0.25, 0.3) is 23.6 Å². The first kappa shape index (κ1) is 62.8. The number of piperazine rings is 2. The third kappa shape index (κ3) is 15.7. The summed E-state index contributed by atoms with van der Waals surface area (Å²) in [5.41, 5.74) is 8.15. The number of hydrogen-bond acceptors (Lipinski definition) is 19. The van der Waals surface area contributed by atoms with Crippen molar-refractivity contribution in [3.8, 4) is 103 Å². The van der Waals surface area contributed by atoms with Gasteiger partial charge in [-0.25, -0.2) is 4.98 Å². The maximum Gasteiger partial charge on any atom is 0.258 e. The molecule has 2 aliphatic heterocycles. The van der Waals surface area contributed by atoms with Crippen molar-refractivity contribution in [1.82, 2.24) is 60.5 Å². The molecule has 22 heteroatoms. The van der Waals surface area contributed by atoms with Crippen LogP contribution in [0.5, 0.6) is 34.5 Å². The second-order valence-corrected chi connectivity index (χ2v) is 20.4. The van der Waals surface area contributed by atoms with Crippen molar-refractivity contribution < 1.29 is 47.1 Å². The number of carbonyl (C=O) groups is 2. The second-order valence-electron chi connectivity index (χ2n) is 20.4. The highest BCUT2D eigenvalue weighted by Crippen LogP contribution is 2.36. The second kappa shape index (κ2) is 30.6. The third-order valence-corrected chi connectivity index (χ3v) is 14.3. The van der Waals surface area contributed by atoms with Crippen LogP contribution in [0.2, 0.25) is 0 Å². The molecule has 460 valence electrons. The Hall–Kier alpha value is -9.67. The Kier molecular flexibility index (Phi) is 21.9. The lowest BCUT2D eigenvalue weighted by atomic mass is 10.0. The Morgan fingerprint density at radius 3 is 1.33 bits per heavy atom. The Morgan fingerprint density at radius 1 is 0.466 bits per heavy atom. The van der Waals surface area contributed by atoms with E-state index in [9.17, 15) is 9.59 Å². The Bertz CT molecular complexity index is 3740. The summed E-state index contributed by atoms with van der Waals surface area (Å²) in [4.78, 5) is 49.4. The topological polar surface area (TPSA) is 244 Å². The van der Waals surface area contributed by atoms with Crippen molar-refractivity contribution in [3.63, 3.8) is 0 Å². The van der Waals surface area contributed by atoms with Crippen LogP contribution in [0, 0.1) is 13.8 Å². The summed E-state index contributed by atoms with van der Waals surface area (Å²) >= 11 is 0. The number of aryl methyl sites for hydroxylation is 2. The third-order valence-electron chi connectivity index (χ3n) is 14.3. The fourth-order valence-corrected chi connectivity index (χ4v) is 9.83. The first-order valence-electron chi connectivity index (χ1n) is 29.8. The molecule has 2 aliphatic rings. The highest BCUT2D eigenvalue weighted by atomic mass is 16.5. The summed E-state index contributed by atoms with van der Waals surface area (Å²) in [5.74, 6) is 7.22. The minimum Gasteiger partial charge on any atom is -0.490 e. The highest BCUT2D eigenvalue weighted by molar-refractivity contribution is 5.96. The molecule has 0 aliphatic carbocycles. The van der Waals surface area contributed by atoms with E-state index < -0.39 is 0 Å². The average Bonchev–Trinajstić information content (AvgIpc) is 3.43. The number of ether oxygens (including phenoxy) is 6. The van der Waals surface area contributed by atoms with Crippen LogP contribution in [-0.2, 0) is 0 Å². The molecule has 6 heterocycles. The molecule has 5 aromatic carbocycles. The van der Waals surface area contributed by atoms with E-state index in [1.165, 1.54) is 0 Å². The van der Waals surface area contributed by atoms with Crippen molar-refractivity contribution in [2.24, 2.45) is 0 Å². The van der Waals surface area contributed by atoms with Crippen LogP contribution in [-0.4, -0.2) is 166 Å². The SMILES string of the molecule is CCOc1ccc(-c2n[nH]c(-c3ccncc3)n2)cc1OCC.CCOc1ccc(-c2nc(-c3ccc(C(=O)N4CCN(C)CC4)cc3C)no2)cc1OCC.CCOc1ccc(-c2nc(-c3ccc(C(=O)N4CCNCC4)cc3C)no2)cc1OCC. The largest absolute Gasteiger partial charge is 0.490 e. The number of aromatic nitrogens is 8. The van der Waals surface area contributed by atoms with Crippen LogP contribution in [0.15, 0.2) is 125 Å². The van der Waals surface area contributed by atoms with E-state index in [0.29, 0.717) is 115 Å². The molecular weight excluding hydrogens is 1120 g/mol. The lowest BCUT2D eigenvalue weighted by Gasteiger charge is -2.32. The minimum absolute atomic E-state index is 0.0489. The van der Waals surface area contributed by atoms with Gasteiger partial charge in [-0.1, -0.05) is 22.4 Å². The number of H-pyrrole nitrogens is 1. The molecule has 0 saturated carbocycles. The first-order chi connectivity index (χ1) is 42.9. The van der Waals surface area contributed by atoms with E-state index in [2.05, 4.69) is 57.7 Å². The van der Waals surface area contributed by atoms with Crippen LogP contribution >= 0.6 is 0 Å². The van der Waals surface area contributed by atoms with Gasteiger partial charge in [0.15, 0.2) is 46.1 Å². The van der Waals surface area contributed by atoms with Crippen molar-refractivity contribution in [3.05, 3.63) is 138 Å². The normalized spacial score (nSPS) is 13.1. The molecule has 2 amide bonds. The van der Waals surface area contributed by atoms with Gasteiger partial charge in [0.05, 0.1) is 39.6 Å². The van der Waals surface area contributed by atoms with E-state index in [0.717, 1.165) is 103 Å². The Balaban J connectivity index is 0.000000160. The standard InChI is InChI=1S/C25H30N4O4.C24H28N4O4.C17H18N4O2/c1-5-31-21-10-8-18(16-22(21)32-6-2)24-26-23(27-33-24)20-9-7-19(15-17(20)3)25(30)29-13-11-28(4)12-14-29;1-4-30-20-9-7-17(15-21(20)31-5-2)23-26-22(27-32-23)19-8-6-18(14-16(19)3)24(29)28-12-10-25-11-13-28;1-3-22-14-6-5-13(11-15(14)23-4-2)17-19-16(20-21-17)12-7-9-18-10-8-12/h7-10,15-16H,5-6,11-14H2,1-4H3;6-9,14-15,25H,4-5,10-13H2,1-3H3;5-11H,3-4H2,1-2H3,(H,19,20,21). The molecule has 2 fully saturated rings. The van der Waals surface area contributed by atoms with E-state index in [4.69, 9.17) is 37.5 Å².